The first-order valence-electron chi connectivity index (χ1n) is 24.7. The maximum Gasteiger partial charge on any atom is 0.137 e. The first kappa shape index (κ1) is 47.4. The fraction of sp³-hybridized carbons (Fsp3) is 0.266. The minimum atomic E-state index is -0.620. The first-order valence-corrected chi connectivity index (χ1v) is 24.7. The molecule has 0 atom stereocenters. The number of nitrogens with zero attached hydrogens (tertiary/aromatic N) is 4. The van der Waals surface area contributed by atoms with Gasteiger partial charge in [-0.25, -0.2) is 13.8 Å². The van der Waals surface area contributed by atoms with Gasteiger partial charge in [-0.2, -0.15) is 0 Å². The fourth-order valence-corrected chi connectivity index (χ4v) is 9.90. The lowest BCUT2D eigenvalue weighted by molar-refractivity contribution is 0.483. The summed E-state index contributed by atoms with van der Waals surface area (Å²) in [6.45, 7) is 27.2. The number of ether oxygens (including phenoxy) is 1. The Balaban J connectivity index is 1.11. The molecule has 9 aromatic rings. The molecule has 7 aromatic carbocycles. The van der Waals surface area contributed by atoms with Crippen LogP contribution in [0.3, 0.4) is 0 Å². The molecule has 1 aliphatic rings. The summed E-state index contributed by atoms with van der Waals surface area (Å²) in [7, 11) is 0. The zero-order chi connectivity index (χ0) is 50.4. The van der Waals surface area contributed by atoms with Crippen molar-refractivity contribution in [3.63, 3.8) is 0 Å². The van der Waals surface area contributed by atoms with E-state index in [1.807, 2.05) is 24.4 Å². The Morgan fingerprint density at radius 3 is 1.63 bits per heavy atom. The Labute approximate surface area is 418 Å². The third-order valence-electron chi connectivity index (χ3n) is 14.0. The van der Waals surface area contributed by atoms with Crippen LogP contribution >= 0.6 is 0 Å². The van der Waals surface area contributed by atoms with Gasteiger partial charge in [-0.3, -0.25) is 4.57 Å². The Bertz CT molecular complexity index is 3470. The second-order valence-corrected chi connectivity index (χ2v) is 23.4. The van der Waals surface area contributed by atoms with E-state index in [1.54, 1.807) is 0 Å². The largest absolute Gasteiger partial charge is 0.457 e. The first-order chi connectivity index (χ1) is 33.5. The van der Waals surface area contributed by atoms with Crippen molar-refractivity contribution in [3.8, 4) is 39.6 Å². The van der Waals surface area contributed by atoms with Gasteiger partial charge in [-0.1, -0.05) is 138 Å². The van der Waals surface area contributed by atoms with Gasteiger partial charge in [-0.15, -0.1) is 0 Å². The number of hydrogen-bond donors (Lipinski definition) is 0. The molecular formula is C64H64F2N4O. The summed E-state index contributed by atoms with van der Waals surface area (Å²) < 4.78 is 40.0. The van der Waals surface area contributed by atoms with Crippen molar-refractivity contribution < 1.29 is 13.5 Å². The van der Waals surface area contributed by atoms with Crippen LogP contribution in [0.1, 0.15) is 105 Å². The molecule has 0 saturated heterocycles. The van der Waals surface area contributed by atoms with Crippen molar-refractivity contribution in [2.75, 3.05) is 16.5 Å². The molecule has 1 aliphatic heterocycles. The quantitative estimate of drug-likeness (QED) is 0.159. The molecular weight excluding hydrogens is 879 g/mol. The number of pyridine rings is 1. The molecule has 0 bridgehead atoms. The van der Waals surface area contributed by atoms with Crippen LogP contribution in [0.4, 0.5) is 31.5 Å². The Kier molecular flexibility index (Phi) is 11.5. The molecule has 0 unspecified atom stereocenters. The summed E-state index contributed by atoms with van der Waals surface area (Å²) in [4.78, 5) is 9.50. The lowest BCUT2D eigenvalue weighted by Crippen LogP contribution is -2.25. The van der Waals surface area contributed by atoms with Gasteiger partial charge in [-0.05, 0) is 134 Å². The van der Waals surface area contributed by atoms with E-state index < -0.39 is 11.6 Å². The summed E-state index contributed by atoms with van der Waals surface area (Å²) in [5.74, 6) is 1.01. The molecule has 0 fully saturated rings. The van der Waals surface area contributed by atoms with E-state index in [4.69, 9.17) is 9.72 Å². The molecule has 0 aliphatic carbocycles. The monoisotopic (exact) mass is 943 g/mol. The molecule has 0 N–H and O–H groups in total. The highest BCUT2D eigenvalue weighted by molar-refractivity contribution is 6.09. The molecule has 360 valence electrons. The Hall–Kier alpha value is -7.25. The molecule has 0 spiro atoms. The highest BCUT2D eigenvalue weighted by atomic mass is 19.1. The number of benzene rings is 7. The van der Waals surface area contributed by atoms with Gasteiger partial charge in [0.05, 0.1) is 28.1 Å². The number of fused-ring (bicyclic) bond motifs is 4. The van der Waals surface area contributed by atoms with E-state index in [2.05, 4.69) is 213 Å². The van der Waals surface area contributed by atoms with E-state index in [-0.39, 0.29) is 21.7 Å². The van der Waals surface area contributed by atoms with E-state index >= 15 is 8.78 Å². The van der Waals surface area contributed by atoms with Gasteiger partial charge in [0.15, 0.2) is 0 Å². The smallest absolute Gasteiger partial charge is 0.137 e. The molecule has 0 saturated carbocycles. The van der Waals surface area contributed by atoms with E-state index in [0.717, 1.165) is 78.7 Å². The molecule has 0 amide bonds. The normalized spacial score (nSPS) is 13.4. The fourth-order valence-electron chi connectivity index (χ4n) is 9.90. The number of anilines is 4. The molecule has 7 heteroatoms. The third-order valence-corrected chi connectivity index (χ3v) is 14.0. The molecule has 3 heterocycles. The van der Waals surface area contributed by atoms with Crippen molar-refractivity contribution in [1.29, 1.82) is 0 Å². The summed E-state index contributed by atoms with van der Waals surface area (Å²) in [6, 6.07) is 50.9. The van der Waals surface area contributed by atoms with E-state index in [0.29, 0.717) is 23.7 Å². The van der Waals surface area contributed by atoms with Crippen LogP contribution in [0.25, 0.3) is 49.9 Å². The van der Waals surface area contributed by atoms with E-state index in [9.17, 15) is 0 Å². The molecule has 2 aromatic heterocycles. The van der Waals surface area contributed by atoms with E-state index in [1.165, 1.54) is 28.8 Å². The Morgan fingerprint density at radius 2 is 1.00 bits per heavy atom. The van der Waals surface area contributed by atoms with Gasteiger partial charge in [0.1, 0.15) is 35.6 Å². The zero-order valence-corrected chi connectivity index (χ0v) is 43.2. The lowest BCUT2D eigenvalue weighted by Gasteiger charge is -2.31. The average Bonchev–Trinajstić information content (AvgIpc) is 3.85. The zero-order valence-electron chi connectivity index (χ0n) is 43.2. The summed E-state index contributed by atoms with van der Waals surface area (Å²) in [6.07, 6.45) is 1.90. The van der Waals surface area contributed by atoms with Crippen LogP contribution in [0.15, 0.2) is 158 Å². The van der Waals surface area contributed by atoms with Crippen LogP contribution in [-0.4, -0.2) is 16.2 Å². The number of rotatable bonds is 7. The molecule has 0 radical (unpaired) electrons. The Morgan fingerprint density at radius 1 is 0.451 bits per heavy atom. The lowest BCUT2D eigenvalue weighted by atomic mass is 9.77. The van der Waals surface area contributed by atoms with Gasteiger partial charge in [0, 0.05) is 52.0 Å². The second-order valence-electron chi connectivity index (χ2n) is 23.4. The van der Waals surface area contributed by atoms with Crippen LogP contribution in [0.5, 0.6) is 11.5 Å². The van der Waals surface area contributed by atoms with Crippen molar-refractivity contribution in [3.05, 3.63) is 192 Å². The van der Waals surface area contributed by atoms with Gasteiger partial charge < -0.3 is 14.5 Å². The summed E-state index contributed by atoms with van der Waals surface area (Å²) >= 11 is 0. The maximum atomic E-state index is 15.5. The van der Waals surface area contributed by atoms with Crippen LogP contribution in [0, 0.1) is 11.6 Å². The predicted octanol–water partition coefficient (Wildman–Crippen LogP) is 18.0. The highest BCUT2D eigenvalue weighted by Gasteiger charge is 2.34. The molecule has 71 heavy (non-hydrogen) atoms. The number of halogens is 2. The van der Waals surface area contributed by atoms with Crippen LogP contribution in [0.2, 0.25) is 0 Å². The number of para-hydroxylation sites is 3. The minimum Gasteiger partial charge on any atom is -0.457 e. The SMILES string of the molecule is CC(C)(C)c1cc(-c2cc(C(C)(C)C)cc(-c3cc(F)cc(F)c3)c2N2CN(c3cccc(Oc4ccc5c6ccccc6n(-c6cc(C(C)(C)C)ccn6)c5c4)c3)c3ccccc32)cc(C(C)(C)C)c1. The summed E-state index contributed by atoms with van der Waals surface area (Å²) in [5, 5.41) is 2.27. The summed E-state index contributed by atoms with van der Waals surface area (Å²) in [5.41, 5.74) is 13.3. The number of aromatic nitrogens is 2. The van der Waals surface area contributed by atoms with Gasteiger partial charge in [0.25, 0.3) is 0 Å². The third kappa shape index (κ3) is 9.07. The standard InChI is InChI=1S/C64H64F2N4O/c1-61(2,3)42-26-27-67-59(35-42)70-55-21-14-13-20-51(55)52-25-24-50(38-58(52)70)71-49-19-17-18-48(37-49)68-39-69(57-23-16-15-22-56(57)68)60-53(40-28-43(62(4,5)6)32-44(29-40)63(7,8)9)33-45(64(10,11)12)34-54(60)41-30-46(65)36-47(66)31-41/h13-38H,39H2,1-12H3. The van der Waals surface area contributed by atoms with Crippen molar-refractivity contribution in [2.24, 2.45) is 0 Å². The molecule has 10 rings (SSSR count). The maximum absolute atomic E-state index is 15.5. The number of hydrogen-bond acceptors (Lipinski definition) is 4. The van der Waals surface area contributed by atoms with Crippen LogP contribution in [-0.2, 0) is 21.7 Å². The highest BCUT2D eigenvalue weighted by Crippen LogP contribution is 2.52. The molecule has 5 nitrogen and oxygen atoms in total. The van der Waals surface area contributed by atoms with Crippen molar-refractivity contribution in [1.82, 2.24) is 9.55 Å². The van der Waals surface area contributed by atoms with Gasteiger partial charge >= 0.3 is 0 Å². The van der Waals surface area contributed by atoms with Crippen molar-refractivity contribution >= 4 is 44.6 Å². The topological polar surface area (TPSA) is 33.5 Å². The van der Waals surface area contributed by atoms with Crippen LogP contribution < -0.4 is 14.5 Å². The second kappa shape index (κ2) is 17.3. The average molecular weight is 943 g/mol. The predicted molar refractivity (Wildman–Crippen MR) is 293 cm³/mol. The van der Waals surface area contributed by atoms with Crippen molar-refractivity contribution in [2.45, 2.75) is 105 Å². The van der Waals surface area contributed by atoms with Gasteiger partial charge in [0.2, 0.25) is 0 Å². The minimum absolute atomic E-state index is 0.0427.